The van der Waals surface area contributed by atoms with Crippen molar-refractivity contribution in [3.8, 4) is 5.75 Å². The Hall–Kier alpha value is -2.40. The largest absolute Gasteiger partial charge is 0.489 e. The van der Waals surface area contributed by atoms with Crippen molar-refractivity contribution in [3.63, 3.8) is 0 Å². The van der Waals surface area contributed by atoms with Gasteiger partial charge in [-0.3, -0.25) is 15.0 Å². The molecule has 0 spiro atoms. The average molecular weight is 258 g/mol. The van der Waals surface area contributed by atoms with Gasteiger partial charge in [0.25, 0.3) is 0 Å². The summed E-state index contributed by atoms with van der Waals surface area (Å²) in [6.45, 7) is 0.449. The highest BCUT2D eigenvalue weighted by atomic mass is 16.5. The quantitative estimate of drug-likeness (QED) is 0.632. The molecule has 0 aliphatic rings. The maximum absolute atomic E-state index is 11.0. The number of pyridine rings is 1. The second kappa shape index (κ2) is 6.51. The first-order chi connectivity index (χ1) is 9.28. The van der Waals surface area contributed by atoms with Gasteiger partial charge in [0.05, 0.1) is 6.42 Å². The average Bonchev–Trinajstić information content (AvgIpc) is 2.47. The Bertz CT molecular complexity index is 526. The second-order valence-electron chi connectivity index (χ2n) is 4.01. The van der Waals surface area contributed by atoms with Crippen LogP contribution >= 0.6 is 0 Å². The minimum atomic E-state index is -0.441. The van der Waals surface area contributed by atoms with E-state index in [1.54, 1.807) is 42.1 Å². The van der Waals surface area contributed by atoms with E-state index >= 15 is 0 Å². The molecule has 1 amide bonds. The van der Waals surface area contributed by atoms with E-state index in [2.05, 4.69) is 4.98 Å². The molecule has 2 N–H and O–H groups in total. The van der Waals surface area contributed by atoms with Gasteiger partial charge in [-0.25, -0.2) is 5.48 Å². The van der Waals surface area contributed by atoms with Crippen LogP contribution in [0.5, 0.6) is 5.75 Å². The molecular formula is C14H14N2O3. The molecule has 0 bridgehead atoms. The lowest BCUT2D eigenvalue weighted by atomic mass is 10.1. The van der Waals surface area contributed by atoms with Crippen LogP contribution in [-0.4, -0.2) is 16.1 Å². The molecule has 0 fully saturated rings. The molecule has 2 aromatic rings. The van der Waals surface area contributed by atoms with Crippen molar-refractivity contribution in [2.45, 2.75) is 13.0 Å². The van der Waals surface area contributed by atoms with Gasteiger partial charge >= 0.3 is 0 Å². The van der Waals surface area contributed by atoms with Crippen LogP contribution in [0.4, 0.5) is 0 Å². The molecule has 0 aliphatic heterocycles. The Kier molecular flexibility index (Phi) is 4.47. The first-order valence-electron chi connectivity index (χ1n) is 5.81. The van der Waals surface area contributed by atoms with E-state index in [9.17, 15) is 4.79 Å². The van der Waals surface area contributed by atoms with Crippen molar-refractivity contribution in [1.82, 2.24) is 10.5 Å². The number of hydrogen-bond donors (Lipinski definition) is 2. The van der Waals surface area contributed by atoms with Gasteiger partial charge in [-0.05, 0) is 23.8 Å². The topological polar surface area (TPSA) is 71.5 Å². The molecule has 2 rings (SSSR count). The number of amides is 1. The first-order valence-corrected chi connectivity index (χ1v) is 5.81. The smallest absolute Gasteiger partial charge is 0.247 e. The lowest BCUT2D eigenvalue weighted by Crippen LogP contribution is -2.20. The highest BCUT2D eigenvalue weighted by molar-refractivity contribution is 5.77. The third-order valence-corrected chi connectivity index (χ3v) is 2.54. The minimum Gasteiger partial charge on any atom is -0.489 e. The number of ether oxygens (including phenoxy) is 1. The number of hydroxylamine groups is 1. The maximum Gasteiger partial charge on any atom is 0.247 e. The number of nitrogens with one attached hydrogen (secondary N) is 1. The van der Waals surface area contributed by atoms with Crippen molar-refractivity contribution in [3.05, 3.63) is 59.9 Å². The van der Waals surface area contributed by atoms with Crippen LogP contribution in [0.3, 0.4) is 0 Å². The molecule has 0 unspecified atom stereocenters. The van der Waals surface area contributed by atoms with E-state index in [-0.39, 0.29) is 6.42 Å². The Labute approximate surface area is 110 Å². The lowest BCUT2D eigenvalue weighted by Gasteiger charge is -2.06. The Morgan fingerprint density at radius 1 is 1.21 bits per heavy atom. The zero-order chi connectivity index (χ0) is 13.5. The Morgan fingerprint density at radius 2 is 2.00 bits per heavy atom. The van der Waals surface area contributed by atoms with Crippen LogP contribution in [-0.2, 0) is 17.8 Å². The fourth-order valence-electron chi connectivity index (χ4n) is 1.58. The number of carbonyl (C=O) groups is 1. The number of benzene rings is 1. The first kappa shape index (κ1) is 13.0. The molecule has 0 saturated carbocycles. The second-order valence-corrected chi connectivity index (χ2v) is 4.01. The number of hydrogen-bond acceptors (Lipinski definition) is 4. The van der Waals surface area contributed by atoms with Crippen LogP contribution in [0.25, 0.3) is 0 Å². The molecule has 98 valence electrons. The van der Waals surface area contributed by atoms with Gasteiger partial charge in [0, 0.05) is 18.0 Å². The van der Waals surface area contributed by atoms with E-state index in [0.717, 1.165) is 16.9 Å². The van der Waals surface area contributed by atoms with Crippen molar-refractivity contribution < 1.29 is 14.7 Å². The van der Waals surface area contributed by atoms with Crippen molar-refractivity contribution in [1.29, 1.82) is 0 Å². The van der Waals surface area contributed by atoms with Crippen LogP contribution < -0.4 is 10.2 Å². The summed E-state index contributed by atoms with van der Waals surface area (Å²) in [5.74, 6) is 0.279. The standard InChI is InChI=1S/C14H14N2O3/c17-14(16-18)8-11-3-5-13(6-4-11)19-10-12-2-1-7-15-9-12/h1-7,9,18H,8,10H2,(H,16,17). The van der Waals surface area contributed by atoms with Gasteiger partial charge in [-0.2, -0.15) is 0 Å². The molecular weight excluding hydrogens is 244 g/mol. The molecule has 1 aromatic carbocycles. The van der Waals surface area contributed by atoms with E-state index in [0.29, 0.717) is 6.61 Å². The molecule has 0 saturated heterocycles. The van der Waals surface area contributed by atoms with Crippen molar-refractivity contribution in [2.24, 2.45) is 0 Å². The molecule has 5 heteroatoms. The van der Waals surface area contributed by atoms with Crippen LogP contribution in [0.15, 0.2) is 48.8 Å². The van der Waals surface area contributed by atoms with Crippen LogP contribution in [0.2, 0.25) is 0 Å². The molecule has 1 heterocycles. The summed E-state index contributed by atoms with van der Waals surface area (Å²) in [6.07, 6.45) is 3.60. The van der Waals surface area contributed by atoms with Crippen molar-refractivity contribution >= 4 is 5.91 Å². The van der Waals surface area contributed by atoms with Gasteiger partial charge in [0.1, 0.15) is 12.4 Å². The summed E-state index contributed by atoms with van der Waals surface area (Å²) in [7, 11) is 0. The lowest BCUT2D eigenvalue weighted by molar-refractivity contribution is -0.128. The van der Waals surface area contributed by atoms with E-state index in [1.807, 2.05) is 12.1 Å². The summed E-state index contributed by atoms with van der Waals surface area (Å²) in [5, 5.41) is 8.43. The van der Waals surface area contributed by atoms with E-state index in [4.69, 9.17) is 9.94 Å². The summed E-state index contributed by atoms with van der Waals surface area (Å²) in [5.41, 5.74) is 3.40. The van der Waals surface area contributed by atoms with Crippen LogP contribution in [0, 0.1) is 0 Å². The van der Waals surface area contributed by atoms with Gasteiger partial charge in [-0.1, -0.05) is 18.2 Å². The zero-order valence-electron chi connectivity index (χ0n) is 10.2. The Morgan fingerprint density at radius 3 is 2.63 bits per heavy atom. The maximum atomic E-state index is 11.0. The number of rotatable bonds is 5. The highest BCUT2D eigenvalue weighted by Gasteiger charge is 2.02. The number of nitrogens with zero attached hydrogens (tertiary/aromatic N) is 1. The van der Waals surface area contributed by atoms with Gasteiger partial charge in [-0.15, -0.1) is 0 Å². The van der Waals surface area contributed by atoms with Gasteiger partial charge in [0.15, 0.2) is 0 Å². The summed E-state index contributed by atoms with van der Waals surface area (Å²) in [4.78, 5) is 15.0. The minimum absolute atomic E-state index is 0.138. The monoisotopic (exact) mass is 258 g/mol. The van der Waals surface area contributed by atoms with Crippen molar-refractivity contribution in [2.75, 3.05) is 0 Å². The van der Waals surface area contributed by atoms with Gasteiger partial charge < -0.3 is 4.74 Å². The molecule has 0 atom stereocenters. The number of aromatic nitrogens is 1. The van der Waals surface area contributed by atoms with E-state index < -0.39 is 5.91 Å². The predicted octanol–water partition coefficient (Wildman–Crippen LogP) is 1.71. The fourth-order valence-corrected chi connectivity index (χ4v) is 1.58. The SMILES string of the molecule is O=C(Cc1ccc(OCc2cccnc2)cc1)NO. The molecule has 0 aliphatic carbocycles. The summed E-state index contributed by atoms with van der Waals surface area (Å²) in [6, 6.07) is 10.9. The van der Waals surface area contributed by atoms with Crippen LogP contribution in [0.1, 0.15) is 11.1 Å². The zero-order valence-corrected chi connectivity index (χ0v) is 10.2. The highest BCUT2D eigenvalue weighted by Crippen LogP contribution is 2.14. The molecule has 1 aromatic heterocycles. The fraction of sp³-hybridized carbons (Fsp3) is 0.143. The number of carbonyl (C=O) groups excluding carboxylic acids is 1. The Balaban J connectivity index is 1.90. The summed E-state index contributed by atoms with van der Waals surface area (Å²) < 4.78 is 5.59. The summed E-state index contributed by atoms with van der Waals surface area (Å²) >= 11 is 0. The third kappa shape index (κ3) is 4.08. The normalized spacial score (nSPS) is 9.95. The van der Waals surface area contributed by atoms with Gasteiger partial charge in [0.2, 0.25) is 5.91 Å². The predicted molar refractivity (Wildman–Crippen MR) is 68.6 cm³/mol. The van der Waals surface area contributed by atoms with E-state index in [1.165, 1.54) is 0 Å². The molecule has 5 nitrogen and oxygen atoms in total. The third-order valence-electron chi connectivity index (χ3n) is 2.54. The molecule has 0 radical (unpaired) electrons. The molecule has 19 heavy (non-hydrogen) atoms.